The van der Waals surface area contributed by atoms with Gasteiger partial charge < -0.3 is 4.90 Å². The molecule has 1 aromatic heterocycles. The lowest BCUT2D eigenvalue weighted by Crippen LogP contribution is -2.55. The fourth-order valence-electron chi connectivity index (χ4n) is 3.67. The second-order valence-corrected chi connectivity index (χ2v) is 6.88. The van der Waals surface area contributed by atoms with Crippen molar-refractivity contribution in [3.63, 3.8) is 0 Å². The average molecular weight is 359 g/mol. The first-order chi connectivity index (χ1) is 12.5. The molecule has 136 valence electrons. The normalized spacial score (nSPS) is 28.7. The highest BCUT2D eigenvalue weighted by Crippen LogP contribution is 2.37. The van der Waals surface area contributed by atoms with Crippen molar-refractivity contribution in [2.45, 2.75) is 25.3 Å². The molecule has 4 rings (SSSR count). The number of urea groups is 1. The molecule has 1 aromatic rings. The molecule has 0 N–H and O–H groups in total. The molecule has 1 saturated heterocycles. The van der Waals surface area contributed by atoms with E-state index in [0.29, 0.717) is 19.5 Å². The SMILES string of the molecule is CC1C(F)=CC(F)=CC1[C@@H]1CC=NN1C(=O)N1CC(c2ncccn2)C1. The summed E-state index contributed by atoms with van der Waals surface area (Å²) in [5.41, 5.74) is 0. The summed E-state index contributed by atoms with van der Waals surface area (Å²) in [7, 11) is 0. The number of nitrogens with zero attached hydrogens (tertiary/aromatic N) is 5. The number of allylic oxidation sites excluding steroid dienone is 3. The molecule has 0 radical (unpaired) electrons. The van der Waals surface area contributed by atoms with Crippen molar-refractivity contribution in [3.8, 4) is 0 Å². The number of likely N-dealkylation sites (tertiary alicyclic amines) is 1. The average Bonchev–Trinajstić information content (AvgIpc) is 3.07. The Morgan fingerprint density at radius 2 is 1.96 bits per heavy atom. The number of aromatic nitrogens is 2. The fraction of sp³-hybridized carbons (Fsp3) is 0.444. The molecule has 0 aromatic carbocycles. The third kappa shape index (κ3) is 2.89. The van der Waals surface area contributed by atoms with E-state index in [1.165, 1.54) is 11.1 Å². The molecule has 8 heteroatoms. The quantitative estimate of drug-likeness (QED) is 0.815. The maximum absolute atomic E-state index is 13.9. The van der Waals surface area contributed by atoms with Crippen LogP contribution in [-0.2, 0) is 0 Å². The lowest BCUT2D eigenvalue weighted by Gasteiger charge is -2.41. The van der Waals surface area contributed by atoms with Crippen molar-refractivity contribution < 1.29 is 13.6 Å². The number of carbonyl (C=O) groups excluding carboxylic acids is 1. The van der Waals surface area contributed by atoms with Gasteiger partial charge in [-0.1, -0.05) is 6.92 Å². The van der Waals surface area contributed by atoms with Gasteiger partial charge >= 0.3 is 6.03 Å². The number of hydrazone groups is 1. The van der Waals surface area contributed by atoms with E-state index < -0.39 is 23.5 Å². The zero-order valence-corrected chi connectivity index (χ0v) is 14.3. The molecule has 0 bridgehead atoms. The molecule has 3 aliphatic rings. The molecular formula is C18H19F2N5O. The third-order valence-corrected chi connectivity index (χ3v) is 5.25. The summed E-state index contributed by atoms with van der Waals surface area (Å²) >= 11 is 0. The number of hydrogen-bond donors (Lipinski definition) is 0. The summed E-state index contributed by atoms with van der Waals surface area (Å²) < 4.78 is 27.6. The van der Waals surface area contributed by atoms with E-state index in [0.717, 1.165) is 11.9 Å². The van der Waals surface area contributed by atoms with Crippen LogP contribution in [0, 0.1) is 11.8 Å². The predicted molar refractivity (Wildman–Crippen MR) is 91.5 cm³/mol. The Bertz CT molecular complexity index is 788. The molecule has 1 aliphatic carbocycles. The minimum absolute atomic E-state index is 0.108. The topological polar surface area (TPSA) is 61.7 Å². The summed E-state index contributed by atoms with van der Waals surface area (Å²) in [5, 5.41) is 5.54. The van der Waals surface area contributed by atoms with E-state index in [1.807, 2.05) is 0 Å². The largest absolute Gasteiger partial charge is 0.340 e. The van der Waals surface area contributed by atoms with E-state index in [4.69, 9.17) is 0 Å². The van der Waals surface area contributed by atoms with Crippen LogP contribution in [-0.4, -0.2) is 51.3 Å². The minimum atomic E-state index is -0.602. The second kappa shape index (κ2) is 6.59. The number of carbonyl (C=O) groups is 1. The molecule has 6 nitrogen and oxygen atoms in total. The highest BCUT2D eigenvalue weighted by molar-refractivity contribution is 5.79. The summed E-state index contributed by atoms with van der Waals surface area (Å²) in [4.78, 5) is 22.9. The van der Waals surface area contributed by atoms with E-state index in [9.17, 15) is 13.6 Å². The number of rotatable bonds is 2. The molecule has 0 spiro atoms. The smallest absolute Gasteiger partial charge is 0.322 e. The van der Waals surface area contributed by atoms with Gasteiger partial charge in [0.05, 0.1) is 12.0 Å². The van der Waals surface area contributed by atoms with Crippen LogP contribution >= 0.6 is 0 Å². The Labute approximate surface area is 149 Å². The van der Waals surface area contributed by atoms with Crippen molar-refractivity contribution in [3.05, 3.63) is 48.1 Å². The van der Waals surface area contributed by atoms with Crippen molar-refractivity contribution >= 4 is 12.2 Å². The summed E-state index contributed by atoms with van der Waals surface area (Å²) in [6, 6.07) is 1.13. The van der Waals surface area contributed by atoms with Crippen molar-refractivity contribution in [2.75, 3.05) is 13.1 Å². The van der Waals surface area contributed by atoms with Gasteiger partial charge in [-0.25, -0.2) is 28.6 Å². The van der Waals surface area contributed by atoms with Crippen LogP contribution in [0.5, 0.6) is 0 Å². The van der Waals surface area contributed by atoms with Gasteiger partial charge in [0.15, 0.2) is 0 Å². The molecule has 2 amide bonds. The van der Waals surface area contributed by atoms with Gasteiger partial charge in [0, 0.05) is 56.0 Å². The third-order valence-electron chi connectivity index (χ3n) is 5.25. The molecular weight excluding hydrogens is 340 g/mol. The molecule has 3 atom stereocenters. The summed E-state index contributed by atoms with van der Waals surface area (Å²) in [5.74, 6) is -1.21. The molecule has 2 unspecified atom stereocenters. The monoisotopic (exact) mass is 359 g/mol. The fourth-order valence-corrected chi connectivity index (χ4v) is 3.67. The maximum atomic E-state index is 13.9. The van der Waals surface area contributed by atoms with Gasteiger partial charge in [-0.3, -0.25) is 0 Å². The minimum Gasteiger partial charge on any atom is -0.322 e. The van der Waals surface area contributed by atoms with E-state index in [-0.39, 0.29) is 18.0 Å². The molecule has 2 aliphatic heterocycles. The van der Waals surface area contributed by atoms with Crippen LogP contribution in [0.25, 0.3) is 0 Å². The zero-order valence-electron chi connectivity index (χ0n) is 14.3. The van der Waals surface area contributed by atoms with E-state index in [2.05, 4.69) is 15.1 Å². The number of hydrogen-bond acceptors (Lipinski definition) is 4. The highest BCUT2D eigenvalue weighted by Gasteiger charge is 2.43. The Morgan fingerprint density at radius 1 is 1.23 bits per heavy atom. The van der Waals surface area contributed by atoms with Crippen molar-refractivity contribution in [1.82, 2.24) is 19.9 Å². The van der Waals surface area contributed by atoms with Crippen molar-refractivity contribution in [2.24, 2.45) is 16.9 Å². The maximum Gasteiger partial charge on any atom is 0.340 e. The summed E-state index contributed by atoms with van der Waals surface area (Å²) in [6.45, 7) is 2.73. The Hall–Kier alpha value is -2.64. The van der Waals surface area contributed by atoms with Crippen LogP contribution < -0.4 is 0 Å². The van der Waals surface area contributed by atoms with Gasteiger partial charge in [0.1, 0.15) is 17.5 Å². The van der Waals surface area contributed by atoms with Gasteiger partial charge in [-0.15, -0.1) is 0 Å². The van der Waals surface area contributed by atoms with E-state index >= 15 is 0 Å². The predicted octanol–water partition coefficient (Wildman–Crippen LogP) is 3.03. The Morgan fingerprint density at radius 3 is 2.69 bits per heavy atom. The summed E-state index contributed by atoms with van der Waals surface area (Å²) in [6.07, 6.45) is 7.78. The van der Waals surface area contributed by atoms with Crippen molar-refractivity contribution in [1.29, 1.82) is 0 Å². The molecule has 0 saturated carbocycles. The van der Waals surface area contributed by atoms with Crippen LogP contribution in [0.4, 0.5) is 13.6 Å². The van der Waals surface area contributed by atoms with E-state index in [1.54, 1.807) is 36.5 Å². The number of halogens is 2. The molecule has 1 fully saturated rings. The number of amides is 2. The van der Waals surface area contributed by atoms with Gasteiger partial charge in [-0.05, 0) is 12.1 Å². The molecule has 26 heavy (non-hydrogen) atoms. The molecule has 3 heterocycles. The standard InChI is InChI=1S/C18H19F2N5O/c1-11-14(7-13(19)8-15(11)20)16-3-6-23-25(16)18(26)24-9-12(10-24)17-21-4-2-5-22-17/h2,4-8,11-12,14,16H,3,9-10H2,1H3/t11?,14?,16-/m0/s1. The van der Waals surface area contributed by atoms with Gasteiger partial charge in [-0.2, -0.15) is 5.10 Å². The second-order valence-electron chi connectivity index (χ2n) is 6.88. The first-order valence-corrected chi connectivity index (χ1v) is 8.66. The first kappa shape index (κ1) is 16.8. The highest BCUT2D eigenvalue weighted by atomic mass is 19.1. The zero-order chi connectivity index (χ0) is 18.3. The lowest BCUT2D eigenvalue weighted by atomic mass is 9.82. The Kier molecular flexibility index (Phi) is 4.26. The van der Waals surface area contributed by atoms with Crippen LogP contribution in [0.3, 0.4) is 0 Å². The van der Waals surface area contributed by atoms with Gasteiger partial charge in [0.2, 0.25) is 0 Å². The Balaban J connectivity index is 1.44. The van der Waals surface area contributed by atoms with Crippen LogP contribution in [0.2, 0.25) is 0 Å². The first-order valence-electron chi connectivity index (χ1n) is 8.66. The van der Waals surface area contributed by atoms with Gasteiger partial charge in [0.25, 0.3) is 0 Å². The van der Waals surface area contributed by atoms with Crippen LogP contribution in [0.1, 0.15) is 25.1 Å². The van der Waals surface area contributed by atoms with Crippen LogP contribution in [0.15, 0.2) is 47.4 Å². The lowest BCUT2D eigenvalue weighted by molar-refractivity contribution is 0.0908.